The van der Waals surface area contributed by atoms with Crippen molar-refractivity contribution in [3.8, 4) is 90.5 Å². The minimum Gasteiger partial charge on any atom is -0.457 e. The highest BCUT2D eigenvalue weighted by molar-refractivity contribution is 5.91. The lowest BCUT2D eigenvalue weighted by Crippen LogP contribution is -2.32. The van der Waals surface area contributed by atoms with Gasteiger partial charge in [-0.1, -0.05) is 188 Å². The normalized spacial score (nSPS) is 14.2. The van der Waals surface area contributed by atoms with E-state index in [4.69, 9.17) is 24.4 Å². The first-order chi connectivity index (χ1) is 34.7. The molecular formula is C65H39N3O2. The standard InChI is InChI=1S/C65H39N3O2/c1-2-18-40(19-3-1)43-20-4-5-25-48(43)63-67-61(41-34-36-59-55(38-41)64(53-30-14-16-32-57(53)69-59)49-26-10-6-21-44(49)45-22-7-11-27-50(45)64)66-62(68-63)42-35-37-60-56(39-42)65(54-31-15-17-33-58(54)70-60)51-28-12-8-23-46(51)47-24-9-13-29-52(47)65/h1-39H. The van der Waals surface area contributed by atoms with Crippen LogP contribution in [0.2, 0.25) is 0 Å². The van der Waals surface area contributed by atoms with Crippen molar-refractivity contribution in [2.75, 3.05) is 0 Å². The zero-order valence-corrected chi connectivity index (χ0v) is 37.7. The molecule has 2 spiro atoms. The van der Waals surface area contributed by atoms with E-state index in [1.54, 1.807) is 0 Å². The van der Waals surface area contributed by atoms with Crippen LogP contribution in [-0.2, 0) is 10.8 Å². The highest BCUT2D eigenvalue weighted by atomic mass is 16.5. The third kappa shape index (κ3) is 5.23. The van der Waals surface area contributed by atoms with Crippen molar-refractivity contribution in [3.05, 3.63) is 281 Å². The minimum absolute atomic E-state index is 0.560. The molecule has 10 aromatic carbocycles. The number of benzene rings is 10. The van der Waals surface area contributed by atoms with Crippen molar-refractivity contribution >= 4 is 0 Å². The maximum atomic E-state index is 6.84. The first-order valence-corrected chi connectivity index (χ1v) is 23.8. The molecule has 0 amide bonds. The van der Waals surface area contributed by atoms with Gasteiger partial charge in [0.2, 0.25) is 0 Å². The van der Waals surface area contributed by atoms with Gasteiger partial charge in [0.05, 0.1) is 10.8 Å². The Morgan fingerprint density at radius 2 is 0.557 bits per heavy atom. The zero-order chi connectivity index (χ0) is 46.0. The average Bonchev–Trinajstić information content (AvgIpc) is 3.90. The summed E-state index contributed by atoms with van der Waals surface area (Å²) in [7, 11) is 0. The van der Waals surface area contributed by atoms with E-state index in [0.29, 0.717) is 17.5 Å². The van der Waals surface area contributed by atoms with Gasteiger partial charge < -0.3 is 9.47 Å². The quantitative estimate of drug-likeness (QED) is 0.176. The van der Waals surface area contributed by atoms with Gasteiger partial charge in [0, 0.05) is 38.9 Å². The van der Waals surface area contributed by atoms with Crippen LogP contribution in [-0.4, -0.2) is 15.0 Å². The highest BCUT2D eigenvalue weighted by Crippen LogP contribution is 2.64. The van der Waals surface area contributed by atoms with E-state index in [9.17, 15) is 0 Å². The van der Waals surface area contributed by atoms with Gasteiger partial charge in [0.15, 0.2) is 17.5 Å². The topological polar surface area (TPSA) is 57.1 Å². The molecule has 1 aromatic heterocycles. The Balaban J connectivity index is 0.984. The summed E-state index contributed by atoms with van der Waals surface area (Å²) in [6.07, 6.45) is 0. The second-order valence-electron chi connectivity index (χ2n) is 18.5. The summed E-state index contributed by atoms with van der Waals surface area (Å²) in [5, 5.41) is 0. The molecule has 70 heavy (non-hydrogen) atoms. The fraction of sp³-hybridized carbons (Fsp3) is 0.0308. The molecule has 0 saturated heterocycles. The largest absolute Gasteiger partial charge is 0.457 e. The molecule has 2 aliphatic carbocycles. The molecule has 0 saturated carbocycles. The van der Waals surface area contributed by atoms with Crippen molar-refractivity contribution < 1.29 is 9.47 Å². The summed E-state index contributed by atoms with van der Waals surface area (Å²) in [5.74, 6) is 5.00. The van der Waals surface area contributed by atoms with E-state index in [-0.39, 0.29) is 0 Å². The Kier molecular flexibility index (Phi) is 8.14. The van der Waals surface area contributed by atoms with Crippen LogP contribution in [0.5, 0.6) is 23.0 Å². The number of rotatable bonds is 4. The van der Waals surface area contributed by atoms with Crippen LogP contribution in [0.3, 0.4) is 0 Å². The van der Waals surface area contributed by atoms with Gasteiger partial charge >= 0.3 is 0 Å². The van der Waals surface area contributed by atoms with Crippen LogP contribution in [0, 0.1) is 0 Å². The van der Waals surface area contributed by atoms with Gasteiger partial charge in [-0.2, -0.15) is 0 Å². The second-order valence-corrected chi connectivity index (χ2v) is 18.5. The maximum absolute atomic E-state index is 6.84. The smallest absolute Gasteiger partial charge is 0.164 e. The second kappa shape index (κ2) is 14.7. The van der Waals surface area contributed by atoms with E-state index >= 15 is 0 Å². The molecular weight excluding hydrogens is 855 g/mol. The molecule has 5 nitrogen and oxygen atoms in total. The number of aromatic nitrogens is 3. The van der Waals surface area contributed by atoms with Crippen molar-refractivity contribution in [3.63, 3.8) is 0 Å². The van der Waals surface area contributed by atoms with Crippen LogP contribution >= 0.6 is 0 Å². The van der Waals surface area contributed by atoms with Crippen LogP contribution in [0.15, 0.2) is 237 Å². The summed E-state index contributed by atoms with van der Waals surface area (Å²) in [5.41, 5.74) is 17.5. The summed E-state index contributed by atoms with van der Waals surface area (Å²) in [6.45, 7) is 0. The Labute approximate surface area is 405 Å². The number of para-hydroxylation sites is 2. The van der Waals surface area contributed by atoms with Crippen molar-refractivity contribution in [2.24, 2.45) is 0 Å². The van der Waals surface area contributed by atoms with Crippen LogP contribution in [0.25, 0.3) is 67.5 Å². The molecule has 4 aliphatic rings. The van der Waals surface area contributed by atoms with Crippen molar-refractivity contribution in [1.82, 2.24) is 15.0 Å². The third-order valence-electron chi connectivity index (χ3n) is 15.1. The molecule has 15 rings (SSSR count). The first kappa shape index (κ1) is 38.9. The molecule has 326 valence electrons. The minimum atomic E-state index is -0.650. The van der Waals surface area contributed by atoms with Crippen LogP contribution in [0.4, 0.5) is 0 Å². The molecule has 0 bridgehead atoms. The Bertz CT molecular complexity index is 3680. The fourth-order valence-corrected chi connectivity index (χ4v) is 12.3. The molecule has 11 aromatic rings. The predicted octanol–water partition coefficient (Wildman–Crippen LogP) is 15.5. The molecule has 0 atom stereocenters. The average molecular weight is 894 g/mol. The molecule has 0 radical (unpaired) electrons. The van der Waals surface area contributed by atoms with E-state index in [2.05, 4.69) is 231 Å². The molecule has 0 N–H and O–H groups in total. The summed E-state index contributed by atoms with van der Waals surface area (Å²) in [4.78, 5) is 16.4. The van der Waals surface area contributed by atoms with Gasteiger partial charge in [0.25, 0.3) is 0 Å². The molecule has 0 fully saturated rings. The van der Waals surface area contributed by atoms with Gasteiger partial charge in [0.1, 0.15) is 23.0 Å². The maximum Gasteiger partial charge on any atom is 0.164 e. The summed E-state index contributed by atoms with van der Waals surface area (Å²) < 4.78 is 13.7. The molecule has 2 aliphatic heterocycles. The first-order valence-electron chi connectivity index (χ1n) is 23.8. The fourth-order valence-electron chi connectivity index (χ4n) is 12.3. The highest BCUT2D eigenvalue weighted by Gasteiger charge is 2.52. The number of fused-ring (bicyclic) bond motifs is 18. The molecule has 5 heteroatoms. The number of hydrogen-bond donors (Lipinski definition) is 0. The van der Waals surface area contributed by atoms with Crippen molar-refractivity contribution in [1.29, 1.82) is 0 Å². The Morgan fingerprint density at radius 3 is 1.00 bits per heavy atom. The monoisotopic (exact) mass is 893 g/mol. The van der Waals surface area contributed by atoms with E-state index in [0.717, 1.165) is 73.1 Å². The van der Waals surface area contributed by atoms with Crippen molar-refractivity contribution in [2.45, 2.75) is 10.8 Å². The number of nitrogens with zero attached hydrogens (tertiary/aromatic N) is 3. The third-order valence-corrected chi connectivity index (χ3v) is 15.1. The van der Waals surface area contributed by atoms with Crippen LogP contribution < -0.4 is 9.47 Å². The SMILES string of the molecule is c1ccc(-c2ccccc2-c2nc(-c3ccc4c(c3)C3(c5ccccc5O4)c4ccccc4-c4ccccc43)nc(-c3ccc4c(c3)C3(c5ccccc5O4)c4ccccc4-c4ccccc43)n2)cc1. The lowest BCUT2D eigenvalue weighted by molar-refractivity contribution is 0.436. The van der Waals surface area contributed by atoms with Gasteiger partial charge in [-0.25, -0.2) is 15.0 Å². The molecule has 3 heterocycles. The Morgan fingerprint density at radius 1 is 0.229 bits per heavy atom. The number of hydrogen-bond acceptors (Lipinski definition) is 5. The van der Waals surface area contributed by atoms with E-state index < -0.39 is 10.8 Å². The van der Waals surface area contributed by atoms with Gasteiger partial charge in [-0.15, -0.1) is 0 Å². The lowest BCUT2D eigenvalue weighted by atomic mass is 9.66. The summed E-state index contributed by atoms with van der Waals surface area (Å²) >= 11 is 0. The van der Waals surface area contributed by atoms with Gasteiger partial charge in [-0.05, 0) is 104 Å². The summed E-state index contributed by atoms with van der Waals surface area (Å²) in [6, 6.07) is 83.9. The van der Waals surface area contributed by atoms with E-state index in [1.165, 1.54) is 44.5 Å². The molecule has 0 unspecified atom stereocenters. The Hall–Kier alpha value is -9.19. The number of ether oxygens (including phenoxy) is 2. The van der Waals surface area contributed by atoms with E-state index in [1.807, 2.05) is 6.07 Å². The zero-order valence-electron chi connectivity index (χ0n) is 37.7. The van der Waals surface area contributed by atoms with Gasteiger partial charge in [-0.3, -0.25) is 0 Å². The van der Waals surface area contributed by atoms with Crippen LogP contribution in [0.1, 0.15) is 44.5 Å². The lowest BCUT2D eigenvalue weighted by Gasteiger charge is -2.39. The predicted molar refractivity (Wildman–Crippen MR) is 276 cm³/mol.